The van der Waals surface area contributed by atoms with Crippen molar-refractivity contribution in [1.82, 2.24) is 14.6 Å². The van der Waals surface area contributed by atoms with E-state index in [4.69, 9.17) is 15.5 Å². The summed E-state index contributed by atoms with van der Waals surface area (Å²) in [6.45, 7) is 2.04. The molecule has 0 atom stereocenters. The van der Waals surface area contributed by atoms with Crippen LogP contribution in [-0.4, -0.2) is 37.9 Å². The summed E-state index contributed by atoms with van der Waals surface area (Å²) >= 11 is 1.88. The Morgan fingerprint density at radius 1 is 1.17 bits per heavy atom. The van der Waals surface area contributed by atoms with E-state index in [9.17, 15) is 5.11 Å². The van der Waals surface area contributed by atoms with Crippen molar-refractivity contribution in [1.29, 1.82) is 0 Å². The molecule has 0 saturated heterocycles. The van der Waals surface area contributed by atoms with Crippen LogP contribution in [0.2, 0.25) is 0 Å². The Labute approximate surface area is 209 Å². The molecular weight excluding hydrogens is 458 g/mol. The molecule has 1 aliphatic carbocycles. The average Bonchev–Trinajstić information content (AvgIpc) is 3.55. The topological polar surface area (TPSA) is 98.0 Å². The predicted molar refractivity (Wildman–Crippen MR) is 141 cm³/mol. The maximum atomic E-state index is 9.86. The largest absolute Gasteiger partial charge is 0.508 e. The van der Waals surface area contributed by atoms with Crippen molar-refractivity contribution in [2.75, 3.05) is 7.11 Å². The molecular formula is C27H29N5O2S. The number of pyridine rings is 1. The highest BCUT2D eigenvalue weighted by atomic mass is 32.2. The van der Waals surface area contributed by atoms with Crippen LogP contribution in [0, 0.1) is 0 Å². The number of hydrogen-bond donors (Lipinski definition) is 2. The van der Waals surface area contributed by atoms with E-state index in [1.165, 1.54) is 25.7 Å². The van der Waals surface area contributed by atoms with Crippen molar-refractivity contribution in [3.63, 3.8) is 0 Å². The van der Waals surface area contributed by atoms with Gasteiger partial charge in [-0.25, -0.2) is 14.5 Å². The van der Waals surface area contributed by atoms with E-state index in [1.807, 2.05) is 60.0 Å². The molecule has 8 heteroatoms. The Kier molecular flexibility index (Phi) is 6.63. The maximum absolute atomic E-state index is 9.86. The van der Waals surface area contributed by atoms with Crippen molar-refractivity contribution in [3.05, 3.63) is 66.1 Å². The van der Waals surface area contributed by atoms with Crippen molar-refractivity contribution in [3.8, 4) is 22.8 Å². The Morgan fingerprint density at radius 3 is 2.71 bits per heavy atom. The molecule has 1 saturated carbocycles. The van der Waals surface area contributed by atoms with Crippen LogP contribution in [0.4, 0.5) is 5.69 Å². The molecule has 3 heterocycles. The molecule has 180 valence electrons. The second kappa shape index (κ2) is 10.00. The minimum atomic E-state index is 0.230. The van der Waals surface area contributed by atoms with Crippen molar-refractivity contribution < 1.29 is 9.84 Å². The monoisotopic (exact) mass is 487 g/mol. The molecule has 0 amide bonds. The number of phenolic OH excluding ortho intramolecular Hbond substituents is 1. The molecule has 0 radical (unpaired) electrons. The first-order valence-corrected chi connectivity index (χ1v) is 12.8. The lowest BCUT2D eigenvalue weighted by atomic mass is 10.1. The standard InChI is InChI=1S/C27H29N5O2S/c1-3-17-12-20(33)9-10-23(17)31-27(28)22-15-30-32-16-19(18-8-11-25(34-2)29-14-18)13-24(32)26(22)35-21-6-4-5-7-21/h8-16,21,33H,3-7H2,1-2H3,(H2,28,31). The van der Waals surface area contributed by atoms with Crippen LogP contribution < -0.4 is 10.5 Å². The van der Waals surface area contributed by atoms with Gasteiger partial charge in [-0.2, -0.15) is 5.10 Å². The quantitative estimate of drug-likeness (QED) is 0.255. The molecule has 1 fully saturated rings. The van der Waals surface area contributed by atoms with E-state index in [0.29, 0.717) is 17.0 Å². The van der Waals surface area contributed by atoms with E-state index in [0.717, 1.165) is 44.8 Å². The lowest BCUT2D eigenvalue weighted by molar-refractivity contribution is 0.398. The Hall–Kier alpha value is -3.52. The van der Waals surface area contributed by atoms with E-state index < -0.39 is 0 Å². The highest BCUT2D eigenvalue weighted by molar-refractivity contribution is 8.00. The van der Waals surface area contributed by atoms with Gasteiger partial charge in [0.2, 0.25) is 5.88 Å². The fourth-order valence-electron chi connectivity index (χ4n) is 4.50. The third kappa shape index (κ3) is 4.84. The van der Waals surface area contributed by atoms with Gasteiger partial charge in [0, 0.05) is 39.7 Å². The lowest BCUT2D eigenvalue weighted by Crippen LogP contribution is -2.16. The van der Waals surface area contributed by atoms with Gasteiger partial charge in [0.1, 0.15) is 11.6 Å². The van der Waals surface area contributed by atoms with Gasteiger partial charge in [-0.1, -0.05) is 19.8 Å². The van der Waals surface area contributed by atoms with Crippen LogP contribution in [0.3, 0.4) is 0 Å². The number of fused-ring (bicyclic) bond motifs is 1. The first-order chi connectivity index (χ1) is 17.1. The third-order valence-electron chi connectivity index (χ3n) is 6.42. The Balaban J connectivity index is 1.60. The Bertz CT molecular complexity index is 1370. The molecule has 1 aliphatic rings. The summed E-state index contributed by atoms with van der Waals surface area (Å²) < 4.78 is 7.11. The number of nitrogens with two attached hydrogens (primary N) is 1. The minimum Gasteiger partial charge on any atom is -0.508 e. The number of methoxy groups -OCH3 is 1. The molecule has 4 aromatic rings. The number of amidine groups is 1. The fourth-order valence-corrected chi connectivity index (χ4v) is 5.96. The molecule has 3 N–H and O–H groups in total. The van der Waals surface area contributed by atoms with E-state index in [-0.39, 0.29) is 5.75 Å². The molecule has 0 bridgehead atoms. The van der Waals surface area contributed by atoms with E-state index >= 15 is 0 Å². The molecule has 7 nitrogen and oxygen atoms in total. The van der Waals surface area contributed by atoms with Gasteiger partial charge < -0.3 is 15.6 Å². The number of hydrogen-bond acceptors (Lipinski definition) is 6. The number of aromatic nitrogens is 3. The van der Waals surface area contributed by atoms with Crippen molar-refractivity contribution in [2.45, 2.75) is 49.2 Å². The first-order valence-electron chi connectivity index (χ1n) is 11.9. The van der Waals surface area contributed by atoms with E-state index in [2.05, 4.69) is 16.1 Å². The number of rotatable bonds is 7. The number of benzene rings is 1. The second-order valence-corrected chi connectivity index (χ2v) is 10.0. The lowest BCUT2D eigenvalue weighted by Gasteiger charge is -2.15. The molecule has 0 aliphatic heterocycles. The predicted octanol–water partition coefficient (Wildman–Crippen LogP) is 5.74. The number of nitrogens with zero attached hydrogens (tertiary/aromatic N) is 4. The smallest absolute Gasteiger partial charge is 0.212 e. The average molecular weight is 488 g/mol. The molecule has 0 unspecified atom stereocenters. The second-order valence-electron chi connectivity index (χ2n) is 8.72. The number of aromatic hydroxyl groups is 1. The summed E-state index contributed by atoms with van der Waals surface area (Å²) in [5.74, 6) is 1.24. The van der Waals surface area contributed by atoms with Crippen molar-refractivity contribution >= 4 is 28.8 Å². The zero-order valence-corrected chi connectivity index (χ0v) is 20.8. The highest BCUT2D eigenvalue weighted by Gasteiger charge is 2.22. The van der Waals surface area contributed by atoms with Gasteiger partial charge in [0.25, 0.3) is 0 Å². The fraction of sp³-hybridized carbons (Fsp3) is 0.296. The van der Waals surface area contributed by atoms with Crippen LogP contribution in [0.15, 0.2) is 64.9 Å². The summed E-state index contributed by atoms with van der Waals surface area (Å²) in [5, 5.41) is 15.1. The summed E-state index contributed by atoms with van der Waals surface area (Å²) in [6.07, 6.45) is 11.3. The molecule has 5 rings (SSSR count). The van der Waals surface area contributed by atoms with Gasteiger partial charge in [-0.15, -0.1) is 11.8 Å². The van der Waals surface area contributed by atoms with Crippen LogP contribution in [0.25, 0.3) is 16.6 Å². The SMILES string of the molecule is CCc1cc(O)ccc1N=C(N)c1cnn2cc(-c3ccc(OC)nc3)cc2c1SC1CCCC1. The summed E-state index contributed by atoms with van der Waals surface area (Å²) in [6, 6.07) is 11.2. The summed E-state index contributed by atoms with van der Waals surface area (Å²) in [5.41, 5.74) is 12.2. The molecule has 1 aromatic carbocycles. The first kappa shape index (κ1) is 23.2. The van der Waals surface area contributed by atoms with Crippen molar-refractivity contribution in [2.24, 2.45) is 10.7 Å². The minimum absolute atomic E-state index is 0.230. The third-order valence-corrected chi connectivity index (χ3v) is 7.88. The number of thioether (sulfide) groups is 1. The van der Waals surface area contributed by atoms with Crippen LogP contribution in [0.1, 0.15) is 43.7 Å². The van der Waals surface area contributed by atoms with Gasteiger partial charge in [0.05, 0.1) is 30.1 Å². The molecule has 35 heavy (non-hydrogen) atoms. The van der Waals surface area contributed by atoms with Crippen LogP contribution in [-0.2, 0) is 6.42 Å². The van der Waals surface area contributed by atoms with Crippen LogP contribution >= 0.6 is 11.8 Å². The zero-order chi connectivity index (χ0) is 24.4. The maximum Gasteiger partial charge on any atom is 0.212 e. The van der Waals surface area contributed by atoms with E-state index in [1.54, 1.807) is 19.2 Å². The van der Waals surface area contributed by atoms with Crippen LogP contribution in [0.5, 0.6) is 11.6 Å². The normalized spacial score (nSPS) is 14.6. The zero-order valence-electron chi connectivity index (χ0n) is 19.9. The highest BCUT2D eigenvalue weighted by Crippen LogP contribution is 2.40. The van der Waals surface area contributed by atoms with Gasteiger partial charge in [-0.05, 0) is 55.2 Å². The van der Waals surface area contributed by atoms with Gasteiger partial charge >= 0.3 is 0 Å². The number of aryl methyl sites for hydroxylation is 1. The summed E-state index contributed by atoms with van der Waals surface area (Å²) in [7, 11) is 1.61. The number of ether oxygens (including phenoxy) is 1. The molecule has 3 aromatic heterocycles. The number of phenols is 1. The molecule has 0 spiro atoms. The number of aliphatic imine (C=N–C) groups is 1. The van der Waals surface area contributed by atoms with Gasteiger partial charge in [0.15, 0.2) is 0 Å². The van der Waals surface area contributed by atoms with Gasteiger partial charge in [-0.3, -0.25) is 0 Å². The summed E-state index contributed by atoms with van der Waals surface area (Å²) in [4.78, 5) is 10.2. The Morgan fingerprint density at radius 2 is 2.00 bits per heavy atom.